The van der Waals surface area contributed by atoms with Crippen LogP contribution in [0.4, 0.5) is 5.82 Å². The number of nitrogen functional groups attached to an aromatic ring is 1. The summed E-state index contributed by atoms with van der Waals surface area (Å²) in [7, 11) is 0. The number of nitrogens with two attached hydrogens (primary N) is 1. The van der Waals surface area contributed by atoms with Crippen LogP contribution in [0.3, 0.4) is 0 Å². The van der Waals surface area contributed by atoms with Gasteiger partial charge in [-0.3, -0.25) is 4.79 Å². The molecule has 0 radical (unpaired) electrons. The molecule has 92 valence electrons. The molecule has 7 heteroatoms. The molecule has 0 fully saturated rings. The number of ether oxygens (including phenoxy) is 2. The second kappa shape index (κ2) is 3.92. The Kier molecular flexibility index (Phi) is 2.38. The van der Waals surface area contributed by atoms with Crippen LogP contribution in [0.25, 0.3) is 11.3 Å². The predicted molar refractivity (Wildman–Crippen MR) is 62.9 cm³/mol. The second-order valence-corrected chi connectivity index (χ2v) is 4.03. The summed E-state index contributed by atoms with van der Waals surface area (Å²) in [6, 6.07) is 3.00. The molecule has 2 aromatic rings. The van der Waals surface area contributed by atoms with Crippen LogP contribution >= 0.6 is 11.6 Å². The molecular weight excluding hydrogens is 260 g/mol. The number of fused-ring (bicyclic) bond motifs is 1. The Morgan fingerprint density at radius 3 is 2.78 bits per heavy atom. The standard InChI is InChI=1S/C11H7ClN2O4/c12-6-1-5(3-15)10-11(17-4-16-10)9(6)7-2-8(13)14-18-7/h1-3H,4H2,(H2,13,14). The van der Waals surface area contributed by atoms with Gasteiger partial charge in [0.25, 0.3) is 0 Å². The maximum Gasteiger partial charge on any atom is 0.231 e. The summed E-state index contributed by atoms with van der Waals surface area (Å²) in [5, 5.41) is 3.88. The monoisotopic (exact) mass is 266 g/mol. The van der Waals surface area contributed by atoms with Crippen LogP contribution in [0.5, 0.6) is 11.5 Å². The third-order valence-corrected chi connectivity index (χ3v) is 2.82. The van der Waals surface area contributed by atoms with Gasteiger partial charge in [0.15, 0.2) is 29.4 Å². The predicted octanol–water partition coefficient (Wildman–Crippen LogP) is 2.12. The van der Waals surface area contributed by atoms with E-state index in [4.69, 9.17) is 31.3 Å². The first-order chi connectivity index (χ1) is 8.70. The number of benzene rings is 1. The van der Waals surface area contributed by atoms with Gasteiger partial charge in [0.05, 0.1) is 16.1 Å². The van der Waals surface area contributed by atoms with Crippen molar-refractivity contribution < 1.29 is 18.8 Å². The Bertz CT molecular complexity index is 638. The molecule has 0 spiro atoms. The van der Waals surface area contributed by atoms with E-state index in [-0.39, 0.29) is 12.6 Å². The number of hydrogen-bond donors (Lipinski definition) is 1. The van der Waals surface area contributed by atoms with Crippen LogP contribution in [0, 0.1) is 0 Å². The molecule has 0 bridgehead atoms. The zero-order valence-electron chi connectivity index (χ0n) is 8.97. The average Bonchev–Trinajstić information content (AvgIpc) is 2.97. The van der Waals surface area contributed by atoms with E-state index >= 15 is 0 Å². The third kappa shape index (κ3) is 1.50. The molecule has 0 atom stereocenters. The van der Waals surface area contributed by atoms with Gasteiger partial charge in [0.1, 0.15) is 0 Å². The van der Waals surface area contributed by atoms with Gasteiger partial charge < -0.3 is 19.7 Å². The topological polar surface area (TPSA) is 87.6 Å². The van der Waals surface area contributed by atoms with E-state index in [9.17, 15) is 4.79 Å². The first-order valence-corrected chi connectivity index (χ1v) is 5.38. The molecule has 18 heavy (non-hydrogen) atoms. The highest BCUT2D eigenvalue weighted by Gasteiger charge is 2.27. The van der Waals surface area contributed by atoms with Crippen LogP contribution in [0.1, 0.15) is 10.4 Å². The Morgan fingerprint density at radius 2 is 2.11 bits per heavy atom. The van der Waals surface area contributed by atoms with Gasteiger partial charge in [-0.2, -0.15) is 0 Å². The SMILES string of the molecule is Nc1cc(-c2c(Cl)cc(C=O)c3c2OCO3)on1. The lowest BCUT2D eigenvalue weighted by Gasteiger charge is -2.06. The van der Waals surface area contributed by atoms with Gasteiger partial charge in [-0.25, -0.2) is 0 Å². The van der Waals surface area contributed by atoms with E-state index in [1.807, 2.05) is 0 Å². The van der Waals surface area contributed by atoms with E-state index in [0.717, 1.165) is 0 Å². The number of halogens is 1. The Hall–Kier alpha value is -2.21. The highest BCUT2D eigenvalue weighted by Crippen LogP contribution is 2.47. The fourth-order valence-corrected chi connectivity index (χ4v) is 2.08. The molecule has 2 heterocycles. The Labute approximate surface area is 106 Å². The van der Waals surface area contributed by atoms with Crippen LogP contribution in [-0.4, -0.2) is 18.2 Å². The van der Waals surface area contributed by atoms with Crippen molar-refractivity contribution in [2.75, 3.05) is 12.5 Å². The molecule has 0 unspecified atom stereocenters. The molecule has 1 aliphatic heterocycles. The van der Waals surface area contributed by atoms with E-state index < -0.39 is 0 Å². The minimum absolute atomic E-state index is 0.0210. The van der Waals surface area contributed by atoms with Crippen molar-refractivity contribution in [1.29, 1.82) is 0 Å². The molecule has 6 nitrogen and oxygen atoms in total. The van der Waals surface area contributed by atoms with Crippen molar-refractivity contribution in [3.8, 4) is 22.8 Å². The van der Waals surface area contributed by atoms with Crippen molar-refractivity contribution in [3.05, 3.63) is 22.7 Å². The molecule has 1 aromatic heterocycles. The number of anilines is 1. The van der Waals surface area contributed by atoms with Crippen LogP contribution < -0.4 is 15.2 Å². The number of carbonyl (C=O) groups is 1. The number of hydrogen-bond acceptors (Lipinski definition) is 6. The molecule has 0 aliphatic carbocycles. The highest BCUT2D eigenvalue weighted by molar-refractivity contribution is 6.34. The summed E-state index contributed by atoms with van der Waals surface area (Å²) in [5.41, 5.74) is 6.29. The number of rotatable bonds is 2. The van der Waals surface area contributed by atoms with Gasteiger partial charge >= 0.3 is 0 Å². The maximum absolute atomic E-state index is 10.9. The normalized spacial score (nSPS) is 12.7. The minimum atomic E-state index is 0.0210. The summed E-state index contributed by atoms with van der Waals surface area (Å²) >= 11 is 6.11. The zero-order chi connectivity index (χ0) is 12.7. The van der Waals surface area contributed by atoms with E-state index in [2.05, 4.69) is 5.16 Å². The lowest BCUT2D eigenvalue weighted by atomic mass is 10.1. The third-order valence-electron chi connectivity index (χ3n) is 2.52. The minimum Gasteiger partial charge on any atom is -0.453 e. The average molecular weight is 267 g/mol. The van der Waals surface area contributed by atoms with E-state index in [1.54, 1.807) is 0 Å². The number of aldehydes is 1. The molecule has 3 rings (SSSR count). The van der Waals surface area contributed by atoms with Crippen molar-refractivity contribution in [3.63, 3.8) is 0 Å². The zero-order valence-corrected chi connectivity index (χ0v) is 9.73. The lowest BCUT2D eigenvalue weighted by molar-refractivity contribution is 0.111. The molecular formula is C11H7ClN2O4. The molecule has 0 amide bonds. The molecule has 2 N–H and O–H groups in total. The number of aromatic nitrogens is 1. The largest absolute Gasteiger partial charge is 0.453 e. The van der Waals surface area contributed by atoms with Crippen LogP contribution in [-0.2, 0) is 0 Å². The van der Waals surface area contributed by atoms with Crippen molar-refractivity contribution in [2.24, 2.45) is 0 Å². The van der Waals surface area contributed by atoms with E-state index in [1.165, 1.54) is 12.1 Å². The molecule has 1 aliphatic rings. The maximum atomic E-state index is 10.9. The van der Waals surface area contributed by atoms with Crippen molar-refractivity contribution >= 4 is 23.7 Å². The van der Waals surface area contributed by atoms with Crippen molar-refractivity contribution in [1.82, 2.24) is 5.16 Å². The van der Waals surface area contributed by atoms with Crippen molar-refractivity contribution in [2.45, 2.75) is 0 Å². The summed E-state index contributed by atoms with van der Waals surface area (Å²) in [6.45, 7) is 0.0210. The first-order valence-electron chi connectivity index (χ1n) is 5.00. The van der Waals surface area contributed by atoms with Gasteiger partial charge in [-0.15, -0.1) is 0 Å². The first kappa shape index (κ1) is 10.9. The summed E-state index contributed by atoms with van der Waals surface area (Å²) in [6.07, 6.45) is 0.651. The van der Waals surface area contributed by atoms with Crippen LogP contribution in [0.15, 0.2) is 16.7 Å². The lowest BCUT2D eigenvalue weighted by Crippen LogP contribution is -1.94. The molecule has 0 saturated heterocycles. The van der Waals surface area contributed by atoms with Crippen LogP contribution in [0.2, 0.25) is 5.02 Å². The number of carbonyl (C=O) groups excluding carboxylic acids is 1. The van der Waals surface area contributed by atoms with E-state index in [0.29, 0.717) is 39.7 Å². The Balaban J connectivity index is 2.27. The van der Waals surface area contributed by atoms with Gasteiger partial charge in [-0.1, -0.05) is 16.8 Å². The fourth-order valence-electron chi connectivity index (χ4n) is 1.79. The van der Waals surface area contributed by atoms with Gasteiger partial charge in [-0.05, 0) is 6.07 Å². The summed E-state index contributed by atoms with van der Waals surface area (Å²) in [4.78, 5) is 10.9. The quantitative estimate of drug-likeness (QED) is 0.838. The van der Waals surface area contributed by atoms with Gasteiger partial charge in [0, 0.05) is 6.07 Å². The Morgan fingerprint density at radius 1 is 1.33 bits per heavy atom. The second-order valence-electron chi connectivity index (χ2n) is 3.62. The number of nitrogens with zero attached hydrogens (tertiary/aromatic N) is 1. The molecule has 0 saturated carbocycles. The smallest absolute Gasteiger partial charge is 0.231 e. The van der Waals surface area contributed by atoms with Gasteiger partial charge in [0.2, 0.25) is 6.79 Å². The summed E-state index contributed by atoms with van der Waals surface area (Å²) < 4.78 is 15.6. The highest BCUT2D eigenvalue weighted by atomic mass is 35.5. The molecule has 1 aromatic carbocycles. The fraction of sp³-hybridized carbons (Fsp3) is 0.0909. The summed E-state index contributed by atoms with van der Waals surface area (Å²) in [5.74, 6) is 1.30.